The minimum Gasteiger partial charge on any atom is -0.353 e. The summed E-state index contributed by atoms with van der Waals surface area (Å²) in [6.07, 6.45) is 1.16. The number of fused-ring (bicyclic) bond motifs is 2. The summed E-state index contributed by atoms with van der Waals surface area (Å²) in [5.41, 5.74) is -1.65. The van der Waals surface area contributed by atoms with E-state index in [2.05, 4.69) is 5.32 Å². The largest absolute Gasteiger partial charge is 0.353 e. The molecule has 0 heterocycles. The molecule has 4 heteroatoms. The van der Waals surface area contributed by atoms with Gasteiger partial charge in [0.2, 0.25) is 17.5 Å². The number of Topliss-reactive ketones (excluding diaryl/α,β-unsaturated/α-hetero) is 2. The zero-order valence-corrected chi connectivity index (χ0v) is 10.8. The Morgan fingerprint density at radius 3 is 2.35 bits per heavy atom. The lowest BCUT2D eigenvalue weighted by Gasteiger charge is -2.34. The van der Waals surface area contributed by atoms with Gasteiger partial charge in [0.05, 0.1) is 0 Å². The first-order chi connectivity index (χ1) is 7.75. The van der Waals surface area contributed by atoms with Crippen molar-refractivity contribution in [2.45, 2.75) is 46.6 Å². The number of carbonyl (C=O) groups excluding carboxylic acids is 3. The fourth-order valence-electron chi connectivity index (χ4n) is 3.47. The quantitative estimate of drug-likeness (QED) is 0.577. The molecule has 0 aromatic rings. The van der Waals surface area contributed by atoms with Crippen LogP contribution in [0, 0.1) is 16.7 Å². The lowest BCUT2D eigenvalue weighted by atomic mass is 9.68. The Kier molecular flexibility index (Phi) is 2.46. The average molecular weight is 237 g/mol. The molecule has 94 valence electrons. The number of nitrogens with one attached hydrogen (secondary N) is 1. The van der Waals surface area contributed by atoms with Crippen LogP contribution in [0.5, 0.6) is 0 Å². The van der Waals surface area contributed by atoms with E-state index in [9.17, 15) is 14.4 Å². The molecule has 2 aliphatic rings. The third-order valence-corrected chi connectivity index (χ3v) is 4.51. The number of ketones is 2. The summed E-state index contributed by atoms with van der Waals surface area (Å²) in [5, 5.41) is 2.80. The molecule has 0 radical (unpaired) electrons. The smallest absolute Gasteiger partial charge is 0.234 e. The van der Waals surface area contributed by atoms with Crippen LogP contribution < -0.4 is 5.32 Å². The highest BCUT2D eigenvalue weighted by Crippen LogP contribution is 2.62. The number of rotatable bonds is 2. The van der Waals surface area contributed by atoms with Crippen molar-refractivity contribution in [2.24, 2.45) is 16.7 Å². The predicted molar refractivity (Wildman–Crippen MR) is 62.2 cm³/mol. The van der Waals surface area contributed by atoms with Gasteiger partial charge in [0.15, 0.2) is 0 Å². The number of amides is 1. The predicted octanol–water partition coefficient (Wildman–Crippen LogP) is 1.09. The summed E-state index contributed by atoms with van der Waals surface area (Å²) >= 11 is 0. The van der Waals surface area contributed by atoms with Crippen LogP contribution in [0.3, 0.4) is 0 Å². The zero-order valence-electron chi connectivity index (χ0n) is 10.8. The Hall–Kier alpha value is -1.19. The highest BCUT2D eigenvalue weighted by atomic mass is 16.2. The van der Waals surface area contributed by atoms with Crippen molar-refractivity contribution < 1.29 is 14.4 Å². The molecule has 1 N–H and O–H groups in total. The van der Waals surface area contributed by atoms with Crippen molar-refractivity contribution in [2.75, 3.05) is 0 Å². The fourth-order valence-corrected chi connectivity index (χ4v) is 3.47. The van der Waals surface area contributed by atoms with Crippen LogP contribution in [0.15, 0.2) is 0 Å². The Morgan fingerprint density at radius 1 is 1.35 bits per heavy atom. The molecule has 1 amide bonds. The van der Waals surface area contributed by atoms with Crippen molar-refractivity contribution in [1.29, 1.82) is 0 Å². The van der Waals surface area contributed by atoms with Crippen molar-refractivity contribution in [3.63, 3.8) is 0 Å². The van der Waals surface area contributed by atoms with E-state index >= 15 is 0 Å². The summed E-state index contributed by atoms with van der Waals surface area (Å²) in [6.45, 7) is 7.45. The topological polar surface area (TPSA) is 63.2 Å². The molecule has 0 saturated heterocycles. The Morgan fingerprint density at radius 2 is 1.94 bits per heavy atom. The first-order valence-corrected chi connectivity index (χ1v) is 6.14. The summed E-state index contributed by atoms with van der Waals surface area (Å²) in [4.78, 5) is 36.3. The van der Waals surface area contributed by atoms with Crippen LogP contribution in [0.25, 0.3) is 0 Å². The maximum Gasteiger partial charge on any atom is 0.234 e. The molecule has 2 bridgehead atoms. The van der Waals surface area contributed by atoms with Crippen LogP contribution >= 0.6 is 0 Å². The van der Waals surface area contributed by atoms with Crippen LogP contribution in [0.1, 0.15) is 40.5 Å². The highest BCUT2D eigenvalue weighted by molar-refractivity contribution is 6.47. The van der Waals surface area contributed by atoms with Gasteiger partial charge in [-0.2, -0.15) is 0 Å². The van der Waals surface area contributed by atoms with E-state index in [1.54, 1.807) is 0 Å². The normalized spacial score (nSPS) is 34.5. The lowest BCUT2D eigenvalue weighted by molar-refractivity contribution is -0.149. The van der Waals surface area contributed by atoms with Crippen LogP contribution in [-0.2, 0) is 14.4 Å². The van der Waals surface area contributed by atoms with Gasteiger partial charge in [-0.05, 0) is 32.1 Å². The fraction of sp³-hybridized carbons (Fsp3) is 0.769. The molecule has 17 heavy (non-hydrogen) atoms. The molecule has 2 fully saturated rings. The Balaban J connectivity index is 2.44. The second-order valence-corrected chi connectivity index (χ2v) is 6.04. The lowest BCUT2D eigenvalue weighted by Crippen LogP contribution is -2.52. The molecule has 2 rings (SSSR count). The van der Waals surface area contributed by atoms with Gasteiger partial charge >= 0.3 is 0 Å². The van der Waals surface area contributed by atoms with Crippen molar-refractivity contribution in [1.82, 2.24) is 5.32 Å². The van der Waals surface area contributed by atoms with Gasteiger partial charge in [-0.1, -0.05) is 13.8 Å². The van der Waals surface area contributed by atoms with E-state index in [0.29, 0.717) is 12.8 Å². The van der Waals surface area contributed by atoms with Gasteiger partial charge in [-0.25, -0.2) is 0 Å². The van der Waals surface area contributed by atoms with Gasteiger partial charge in [0.1, 0.15) is 5.41 Å². The van der Waals surface area contributed by atoms with Crippen LogP contribution in [-0.4, -0.2) is 23.5 Å². The first-order valence-electron chi connectivity index (χ1n) is 6.14. The molecule has 2 unspecified atom stereocenters. The van der Waals surface area contributed by atoms with E-state index in [-0.39, 0.29) is 23.7 Å². The van der Waals surface area contributed by atoms with Gasteiger partial charge in [-0.3, -0.25) is 14.4 Å². The average Bonchev–Trinajstić information content (AvgIpc) is 2.53. The molecule has 4 nitrogen and oxygen atoms in total. The monoisotopic (exact) mass is 237 g/mol. The van der Waals surface area contributed by atoms with Gasteiger partial charge in [0.25, 0.3) is 0 Å². The summed E-state index contributed by atoms with van der Waals surface area (Å²) in [6, 6.07) is -0.0183. The molecule has 0 aromatic carbocycles. The molecule has 0 aliphatic heterocycles. The number of carbonyl (C=O) groups is 3. The third kappa shape index (κ3) is 1.27. The van der Waals surface area contributed by atoms with Crippen molar-refractivity contribution in [3.8, 4) is 0 Å². The number of hydrogen-bond acceptors (Lipinski definition) is 3. The second kappa shape index (κ2) is 3.40. The molecule has 2 aliphatic carbocycles. The molecule has 2 atom stereocenters. The van der Waals surface area contributed by atoms with E-state index in [4.69, 9.17) is 0 Å². The van der Waals surface area contributed by atoms with Crippen molar-refractivity contribution >= 4 is 17.5 Å². The van der Waals surface area contributed by atoms with Crippen LogP contribution in [0.4, 0.5) is 0 Å². The molecular weight excluding hydrogens is 218 g/mol. The van der Waals surface area contributed by atoms with Gasteiger partial charge in [0, 0.05) is 12.0 Å². The molecule has 0 spiro atoms. The summed E-state index contributed by atoms with van der Waals surface area (Å²) in [5.74, 6) is -1.36. The van der Waals surface area contributed by atoms with E-state index in [0.717, 1.165) is 0 Å². The second-order valence-electron chi connectivity index (χ2n) is 6.04. The standard InChI is InChI=1S/C13H19NO3/c1-7(2)14-11(17)13-6-5-8(12(13,3)4)9(15)10(13)16/h7-8H,5-6H2,1-4H3,(H,14,17). The van der Waals surface area contributed by atoms with E-state index in [1.165, 1.54) is 0 Å². The maximum absolute atomic E-state index is 12.3. The molecular formula is C13H19NO3. The number of hydrogen-bond donors (Lipinski definition) is 1. The third-order valence-electron chi connectivity index (χ3n) is 4.51. The van der Waals surface area contributed by atoms with Crippen molar-refractivity contribution in [3.05, 3.63) is 0 Å². The first kappa shape index (κ1) is 12.3. The maximum atomic E-state index is 12.3. The Labute approximate surface area is 101 Å². The Bertz CT molecular complexity index is 411. The summed E-state index contributed by atoms with van der Waals surface area (Å²) < 4.78 is 0. The van der Waals surface area contributed by atoms with Gasteiger partial charge < -0.3 is 5.32 Å². The zero-order chi connectivity index (χ0) is 13.0. The van der Waals surface area contributed by atoms with Gasteiger partial charge in [-0.15, -0.1) is 0 Å². The van der Waals surface area contributed by atoms with E-state index < -0.39 is 16.6 Å². The summed E-state index contributed by atoms with van der Waals surface area (Å²) in [7, 11) is 0. The molecule has 0 aromatic heterocycles. The van der Waals surface area contributed by atoms with E-state index in [1.807, 2.05) is 27.7 Å². The SMILES string of the molecule is CC(C)NC(=O)C12CCC(C(=O)C1=O)C2(C)C. The molecule has 2 saturated carbocycles. The highest BCUT2D eigenvalue weighted by Gasteiger charge is 2.72. The minimum atomic E-state index is -1.11. The minimum absolute atomic E-state index is 0.0183. The van der Waals surface area contributed by atoms with Crippen LogP contribution in [0.2, 0.25) is 0 Å².